The van der Waals surface area contributed by atoms with Gasteiger partial charge in [0.15, 0.2) is 0 Å². The number of likely N-dealkylation sites (tertiary alicyclic amines) is 1. The first-order chi connectivity index (χ1) is 13.2. The first-order valence-corrected chi connectivity index (χ1v) is 9.67. The molecule has 0 saturated carbocycles. The summed E-state index contributed by atoms with van der Waals surface area (Å²) in [5, 5.41) is 11.9. The van der Waals surface area contributed by atoms with Gasteiger partial charge in [0.2, 0.25) is 11.8 Å². The molecule has 3 rings (SSSR count). The van der Waals surface area contributed by atoms with Crippen LogP contribution in [0.5, 0.6) is 0 Å². The fourth-order valence-corrected chi connectivity index (χ4v) is 3.54. The molecule has 0 bridgehead atoms. The maximum atomic E-state index is 12.4. The standard InChI is InChI=1S/C20H27N5O2/c21-14-17-4-6-18(7-5-17)22-15-19(26)25-12-10-23(11-13-25)16-20(27)24-8-2-1-3-9-24/h4-7,22H,1-3,8-13,15-16H2. The van der Waals surface area contributed by atoms with E-state index in [4.69, 9.17) is 5.26 Å². The van der Waals surface area contributed by atoms with Gasteiger partial charge >= 0.3 is 0 Å². The maximum Gasteiger partial charge on any atom is 0.241 e. The molecule has 144 valence electrons. The number of piperazine rings is 1. The number of rotatable bonds is 5. The Hall–Kier alpha value is -2.59. The number of amides is 2. The number of hydrogen-bond donors (Lipinski definition) is 1. The van der Waals surface area contributed by atoms with Crippen LogP contribution in [-0.2, 0) is 9.59 Å². The number of hydrogen-bond acceptors (Lipinski definition) is 5. The minimum Gasteiger partial charge on any atom is -0.376 e. The van der Waals surface area contributed by atoms with Gasteiger partial charge in [-0.3, -0.25) is 14.5 Å². The lowest BCUT2D eigenvalue weighted by Crippen LogP contribution is -2.52. The summed E-state index contributed by atoms with van der Waals surface area (Å²) in [7, 11) is 0. The topological polar surface area (TPSA) is 79.7 Å². The van der Waals surface area contributed by atoms with Crippen LogP contribution in [0.15, 0.2) is 24.3 Å². The Bertz CT molecular complexity index is 683. The number of anilines is 1. The van der Waals surface area contributed by atoms with Crippen molar-refractivity contribution in [2.24, 2.45) is 0 Å². The minimum absolute atomic E-state index is 0.0568. The van der Waals surface area contributed by atoms with Crippen LogP contribution in [-0.4, -0.2) is 78.9 Å². The zero-order valence-corrected chi connectivity index (χ0v) is 15.7. The molecule has 27 heavy (non-hydrogen) atoms. The molecule has 7 heteroatoms. The summed E-state index contributed by atoms with van der Waals surface area (Å²) < 4.78 is 0. The van der Waals surface area contributed by atoms with Gasteiger partial charge in [0.05, 0.1) is 24.7 Å². The highest BCUT2D eigenvalue weighted by Crippen LogP contribution is 2.11. The minimum atomic E-state index is 0.0568. The number of piperidine rings is 1. The molecule has 2 saturated heterocycles. The molecule has 1 N–H and O–H groups in total. The molecular weight excluding hydrogens is 342 g/mol. The van der Waals surface area contributed by atoms with Crippen molar-refractivity contribution in [3.05, 3.63) is 29.8 Å². The molecule has 7 nitrogen and oxygen atoms in total. The molecule has 0 radical (unpaired) electrons. The van der Waals surface area contributed by atoms with E-state index in [0.29, 0.717) is 25.2 Å². The number of carbonyl (C=O) groups excluding carboxylic acids is 2. The van der Waals surface area contributed by atoms with Crippen molar-refractivity contribution in [2.45, 2.75) is 19.3 Å². The monoisotopic (exact) mass is 369 g/mol. The molecular formula is C20H27N5O2. The van der Waals surface area contributed by atoms with Crippen molar-refractivity contribution in [1.82, 2.24) is 14.7 Å². The Labute approximate surface area is 160 Å². The van der Waals surface area contributed by atoms with Gasteiger partial charge in [0.25, 0.3) is 0 Å². The Morgan fingerprint density at radius 2 is 1.52 bits per heavy atom. The molecule has 0 aliphatic carbocycles. The van der Waals surface area contributed by atoms with Crippen LogP contribution in [0.4, 0.5) is 5.69 Å². The van der Waals surface area contributed by atoms with Gasteiger partial charge in [-0.1, -0.05) is 0 Å². The molecule has 1 aromatic rings. The Morgan fingerprint density at radius 1 is 0.889 bits per heavy atom. The molecule has 0 atom stereocenters. The molecule has 2 fully saturated rings. The van der Waals surface area contributed by atoms with Crippen LogP contribution in [0.1, 0.15) is 24.8 Å². The number of carbonyl (C=O) groups is 2. The van der Waals surface area contributed by atoms with Crippen LogP contribution >= 0.6 is 0 Å². The lowest BCUT2D eigenvalue weighted by molar-refractivity contribution is -0.135. The fourth-order valence-electron chi connectivity index (χ4n) is 3.54. The highest BCUT2D eigenvalue weighted by Gasteiger charge is 2.24. The van der Waals surface area contributed by atoms with Gasteiger partial charge in [-0.05, 0) is 43.5 Å². The van der Waals surface area contributed by atoms with Gasteiger partial charge in [0, 0.05) is 45.0 Å². The van der Waals surface area contributed by atoms with Gasteiger partial charge in [-0.15, -0.1) is 0 Å². The van der Waals surface area contributed by atoms with Crippen molar-refractivity contribution in [1.29, 1.82) is 5.26 Å². The Balaban J connectivity index is 1.38. The van der Waals surface area contributed by atoms with E-state index in [1.165, 1.54) is 6.42 Å². The van der Waals surface area contributed by atoms with Crippen molar-refractivity contribution in [3.63, 3.8) is 0 Å². The summed E-state index contributed by atoms with van der Waals surface area (Å²) in [5.41, 5.74) is 1.43. The van der Waals surface area contributed by atoms with E-state index in [2.05, 4.69) is 16.3 Å². The van der Waals surface area contributed by atoms with Gasteiger partial charge in [-0.25, -0.2) is 0 Å². The summed E-state index contributed by atoms with van der Waals surface area (Å²) >= 11 is 0. The van der Waals surface area contributed by atoms with E-state index in [1.54, 1.807) is 24.3 Å². The van der Waals surface area contributed by atoms with Crippen LogP contribution in [0.2, 0.25) is 0 Å². The lowest BCUT2D eigenvalue weighted by Gasteiger charge is -2.36. The fraction of sp³-hybridized carbons (Fsp3) is 0.550. The first kappa shape index (κ1) is 19.2. The molecule has 2 aliphatic heterocycles. The predicted octanol–water partition coefficient (Wildman–Crippen LogP) is 1.13. The number of benzene rings is 1. The molecule has 2 aliphatic rings. The molecule has 2 amide bonds. The quantitative estimate of drug-likeness (QED) is 0.842. The third-order valence-corrected chi connectivity index (χ3v) is 5.25. The van der Waals surface area contributed by atoms with Crippen molar-refractivity contribution < 1.29 is 9.59 Å². The van der Waals surface area contributed by atoms with E-state index in [9.17, 15) is 9.59 Å². The summed E-state index contributed by atoms with van der Waals surface area (Å²) in [6, 6.07) is 9.13. The highest BCUT2D eigenvalue weighted by atomic mass is 16.2. The number of nitrogens with one attached hydrogen (secondary N) is 1. The second-order valence-electron chi connectivity index (χ2n) is 7.14. The van der Waals surface area contributed by atoms with E-state index in [0.717, 1.165) is 44.7 Å². The van der Waals surface area contributed by atoms with Gasteiger partial charge in [0.1, 0.15) is 0 Å². The first-order valence-electron chi connectivity index (χ1n) is 9.67. The van der Waals surface area contributed by atoms with Crippen molar-refractivity contribution in [2.75, 3.05) is 57.7 Å². The lowest BCUT2D eigenvalue weighted by atomic mass is 10.1. The van der Waals surface area contributed by atoms with Crippen LogP contribution < -0.4 is 5.32 Å². The van der Waals surface area contributed by atoms with Gasteiger partial charge < -0.3 is 15.1 Å². The van der Waals surface area contributed by atoms with E-state index < -0.39 is 0 Å². The highest BCUT2D eigenvalue weighted by molar-refractivity contribution is 5.81. The molecule has 0 unspecified atom stereocenters. The summed E-state index contributed by atoms with van der Waals surface area (Å²) in [5.74, 6) is 0.276. The zero-order valence-electron chi connectivity index (χ0n) is 15.7. The molecule has 0 spiro atoms. The molecule has 2 heterocycles. The zero-order chi connectivity index (χ0) is 19.1. The average Bonchev–Trinajstić information content (AvgIpc) is 2.73. The number of nitriles is 1. The van der Waals surface area contributed by atoms with Crippen LogP contribution in [0.3, 0.4) is 0 Å². The predicted molar refractivity (Wildman–Crippen MR) is 103 cm³/mol. The maximum absolute atomic E-state index is 12.4. The molecule has 0 aromatic heterocycles. The van der Waals surface area contributed by atoms with Crippen LogP contribution in [0.25, 0.3) is 0 Å². The second kappa shape index (κ2) is 9.38. The summed E-state index contributed by atoms with van der Waals surface area (Å²) in [6.45, 7) is 5.26. The molecule has 1 aromatic carbocycles. The Morgan fingerprint density at radius 3 is 2.15 bits per heavy atom. The third-order valence-electron chi connectivity index (χ3n) is 5.25. The van der Waals surface area contributed by atoms with Crippen molar-refractivity contribution >= 4 is 17.5 Å². The summed E-state index contributed by atoms with van der Waals surface area (Å²) in [6.07, 6.45) is 3.45. The van der Waals surface area contributed by atoms with Gasteiger partial charge in [-0.2, -0.15) is 5.26 Å². The second-order valence-corrected chi connectivity index (χ2v) is 7.14. The summed E-state index contributed by atoms with van der Waals surface area (Å²) in [4.78, 5) is 30.7. The van der Waals surface area contributed by atoms with E-state index in [1.807, 2.05) is 9.80 Å². The van der Waals surface area contributed by atoms with Crippen LogP contribution in [0, 0.1) is 11.3 Å². The van der Waals surface area contributed by atoms with E-state index >= 15 is 0 Å². The largest absolute Gasteiger partial charge is 0.376 e. The normalized spacial score (nSPS) is 18.0. The Kier molecular flexibility index (Phi) is 6.66. The third kappa shape index (κ3) is 5.44. The SMILES string of the molecule is N#Cc1ccc(NCC(=O)N2CCN(CC(=O)N3CCCCC3)CC2)cc1. The average molecular weight is 369 g/mol. The number of nitrogens with zero attached hydrogens (tertiary/aromatic N) is 4. The smallest absolute Gasteiger partial charge is 0.241 e. The van der Waals surface area contributed by atoms with Crippen molar-refractivity contribution in [3.8, 4) is 6.07 Å². The van der Waals surface area contributed by atoms with E-state index in [-0.39, 0.29) is 18.4 Å².